The number of nitrogens with zero attached hydrogens (tertiary/aromatic N) is 3. The maximum absolute atomic E-state index is 16.8. The Hall–Kier alpha value is -6.16. The quantitative estimate of drug-likeness (QED) is 0.0762. The number of thiol groups is 1. The van der Waals surface area contributed by atoms with E-state index in [2.05, 4.69) is 244 Å². The van der Waals surface area contributed by atoms with Gasteiger partial charge >= 0.3 is 608 Å². The number of carbonyl (C=O) groups excluding carboxylic acids is 2. The van der Waals surface area contributed by atoms with Gasteiger partial charge in [0.2, 0.25) is 0 Å². The molecule has 99 heavy (non-hydrogen) atoms. The van der Waals surface area contributed by atoms with Crippen molar-refractivity contribution in [2.45, 2.75) is 232 Å². The van der Waals surface area contributed by atoms with Crippen LogP contribution in [0.1, 0.15) is 239 Å². The SMILES string of the molecule is CCOC(=O)C1=C2/C(=N/P3(=S)Oc4c(cc(C)cc4C(C)(C)C)Cc4cc(C)cc(C(C)(C)C)c4O3)SP3([N+]#CS)(Oc4c(cc(C)cc4C(C)(C)C)Cc4cc(C)cc(C(C)(C)C)c4O3)N2P2(=C1C(=O)OCC)Oc1c(cc(C)cc1C(C)(C)C)Cc1cc(C)cc(C(C)(C)C)c1O2. The normalized spacial score (nSPS) is 18.2. The molecule has 0 N–H and O–H groups in total. The number of carbonyl (C=O) groups is 2. The second-order valence-electron chi connectivity index (χ2n) is 33.7. The molecule has 5 heterocycles. The summed E-state index contributed by atoms with van der Waals surface area (Å²) in [6.45, 7) is 43.9. The van der Waals surface area contributed by atoms with Gasteiger partial charge in [-0.25, -0.2) is 0 Å². The Kier molecular flexibility index (Phi) is 18.8. The summed E-state index contributed by atoms with van der Waals surface area (Å²) in [5, 5.41) is 2.78. The number of fused-ring (bicyclic) bond motifs is 9. The predicted octanol–water partition coefficient (Wildman–Crippen LogP) is 22.2. The molecule has 2 spiro atoms. The summed E-state index contributed by atoms with van der Waals surface area (Å²) < 4.78 is 75.8. The van der Waals surface area contributed by atoms with Crippen molar-refractivity contribution in [2.24, 2.45) is 4.76 Å². The molecule has 0 radical (unpaired) electrons. The van der Waals surface area contributed by atoms with Crippen LogP contribution >= 0.6 is 44.7 Å². The van der Waals surface area contributed by atoms with Gasteiger partial charge in [0.1, 0.15) is 0 Å². The van der Waals surface area contributed by atoms with Gasteiger partial charge in [-0.15, -0.1) is 0 Å². The molecule has 0 aliphatic carbocycles. The van der Waals surface area contributed by atoms with E-state index in [-0.39, 0.29) is 34.8 Å². The molecule has 0 unspecified atom stereocenters. The van der Waals surface area contributed by atoms with Crippen LogP contribution in [0.3, 0.4) is 0 Å². The zero-order valence-electron chi connectivity index (χ0n) is 63.0. The summed E-state index contributed by atoms with van der Waals surface area (Å²) in [6, 6.07) is 25.7. The van der Waals surface area contributed by atoms with Gasteiger partial charge in [-0.1, -0.05) is 0 Å². The topological polar surface area (TPSA) is 128 Å². The molecule has 13 nitrogen and oxygen atoms in total. The van der Waals surface area contributed by atoms with E-state index in [1.807, 2.05) is 0 Å². The Bertz CT molecular complexity index is 4480. The molecule has 0 saturated carbocycles. The Morgan fingerprint density at radius 3 is 1.07 bits per heavy atom. The molecule has 6 aromatic carbocycles. The molecule has 0 amide bonds. The van der Waals surface area contributed by atoms with Crippen molar-refractivity contribution in [2.75, 3.05) is 13.2 Å². The van der Waals surface area contributed by atoms with Crippen LogP contribution in [0.4, 0.5) is 0 Å². The van der Waals surface area contributed by atoms with E-state index >= 15 is 9.59 Å². The second-order valence-corrected chi connectivity index (χ2v) is 44.9. The first-order chi connectivity index (χ1) is 45.7. The zero-order chi connectivity index (χ0) is 72.9. The molecule has 0 bridgehead atoms. The fourth-order valence-electron chi connectivity index (χ4n) is 14.2. The number of rotatable bonds is 5. The number of hydrogen-bond donors (Lipinski definition) is 1. The van der Waals surface area contributed by atoms with Crippen molar-refractivity contribution in [3.8, 4) is 39.9 Å². The maximum atomic E-state index is 16.8. The Morgan fingerprint density at radius 2 is 0.778 bits per heavy atom. The average Bonchev–Trinajstić information content (AvgIpc) is 1.48. The molecule has 11 rings (SSSR count). The molecule has 6 aromatic rings. The third kappa shape index (κ3) is 13.3. The molecule has 5 aliphatic rings. The van der Waals surface area contributed by atoms with Crippen molar-refractivity contribution in [3.05, 3.63) is 189 Å². The van der Waals surface area contributed by atoms with Gasteiger partial charge in [0, 0.05) is 0 Å². The summed E-state index contributed by atoms with van der Waals surface area (Å²) in [5.74, 6) is 0.982. The summed E-state index contributed by atoms with van der Waals surface area (Å²) >= 11 is 13.3. The van der Waals surface area contributed by atoms with Gasteiger partial charge in [0.15, 0.2) is 0 Å². The number of ether oxygens (including phenoxy) is 2. The Balaban J connectivity index is 1.46. The van der Waals surface area contributed by atoms with Crippen LogP contribution in [0.15, 0.2) is 88.8 Å². The van der Waals surface area contributed by atoms with Crippen LogP contribution in [-0.4, -0.2) is 39.9 Å². The summed E-state index contributed by atoms with van der Waals surface area (Å²) in [7, 11) is -5.02. The minimum absolute atomic E-state index is 0.00898. The van der Waals surface area contributed by atoms with E-state index in [9.17, 15) is 0 Å². The van der Waals surface area contributed by atoms with E-state index in [4.69, 9.17) is 70.4 Å². The van der Waals surface area contributed by atoms with Gasteiger partial charge in [0.05, 0.1) is 0 Å². The van der Waals surface area contributed by atoms with Crippen molar-refractivity contribution < 1.29 is 46.2 Å². The fourth-order valence-corrected chi connectivity index (χ4v) is 29.7. The van der Waals surface area contributed by atoms with Gasteiger partial charge in [-0.05, 0) is 0 Å². The number of benzene rings is 6. The van der Waals surface area contributed by atoms with Gasteiger partial charge in [0.25, 0.3) is 0 Å². The van der Waals surface area contributed by atoms with Crippen molar-refractivity contribution in [1.29, 1.82) is 0 Å². The summed E-state index contributed by atoms with van der Waals surface area (Å²) in [6.07, 6.45) is 1.18. The van der Waals surface area contributed by atoms with Crippen LogP contribution in [-0.2, 0) is 82.6 Å². The van der Waals surface area contributed by atoms with Crippen molar-refractivity contribution >= 4 is 78.8 Å². The zero-order valence-corrected chi connectivity index (χ0v) is 68.2. The van der Waals surface area contributed by atoms with Crippen LogP contribution in [0.25, 0.3) is 4.62 Å². The van der Waals surface area contributed by atoms with Gasteiger partial charge < -0.3 is 0 Å². The Morgan fingerprint density at radius 1 is 0.495 bits per heavy atom. The predicted molar refractivity (Wildman–Crippen MR) is 418 cm³/mol. The van der Waals surface area contributed by atoms with Crippen molar-refractivity contribution in [3.63, 3.8) is 0 Å². The van der Waals surface area contributed by atoms with E-state index < -0.39 is 65.1 Å². The first-order valence-electron chi connectivity index (χ1n) is 34.4. The van der Waals surface area contributed by atoms with Gasteiger partial charge in [-0.3, -0.25) is 0 Å². The molecular formula is C80H101N3O10P3S3+. The standard InChI is InChI=1S/C80H100N3O10P3S3/c1-27-86-73(84)63-64-72(82-95(98)90-67-53(31-47(5)37-59(67)77(15,16)17)42-54-32-48(6)38-60(68(54)91-95)78(18,19)20)99-96(81-44-97,92-69-55(33-49(7)39-61(69)79(21,22)23)43-56-34-50(8)40-62(70(56)93-96)80(24,25)26)83(64)94(71(63)74(85)87-28-2)88-65-51(29-45(3)35-57(65)75(9,10)11)41-52-30-46(4)36-58(66(52)89-94)76(12,13)14/h29-40H,27-28,41-43H2,1-26H3/p+1/b82-72-. The summed E-state index contributed by atoms with van der Waals surface area (Å²) in [4.78, 5) is 33.4. The Labute approximate surface area is 603 Å². The molecule has 0 atom stereocenters. The minimum atomic E-state index is -6.16. The number of esters is 2. The van der Waals surface area contributed by atoms with Gasteiger partial charge in [-0.2, -0.15) is 0 Å². The third-order valence-electron chi connectivity index (χ3n) is 18.5. The second kappa shape index (κ2) is 25.1. The first kappa shape index (κ1) is 74.0. The van der Waals surface area contributed by atoms with Crippen LogP contribution < -0.4 is 27.1 Å². The number of hydrogen-bond acceptors (Lipinski definition) is 14. The number of thiocyanates is 1. The van der Waals surface area contributed by atoms with Crippen LogP contribution in [0.2, 0.25) is 0 Å². The number of aryl methyl sites for hydroxylation is 6. The first-order valence-corrected chi connectivity index (χ1v) is 42.4. The molecule has 19 heteroatoms. The summed E-state index contributed by atoms with van der Waals surface area (Å²) in [5.41, 5.74) is 12.4. The van der Waals surface area contributed by atoms with Crippen LogP contribution in [0, 0.1) is 46.9 Å². The molecule has 1 fully saturated rings. The third-order valence-corrected chi connectivity index (χ3v) is 31.1. The monoisotopic (exact) mass is 1450 g/mol. The van der Waals surface area contributed by atoms with E-state index in [0.717, 1.165) is 112 Å². The molecule has 528 valence electrons. The van der Waals surface area contributed by atoms with Crippen LogP contribution in [0.5, 0.6) is 34.5 Å². The molecular weight excluding hydrogens is 1350 g/mol. The molecule has 1 saturated heterocycles. The van der Waals surface area contributed by atoms with E-state index in [1.165, 1.54) is 0 Å². The fraction of sp³-hybridized carbons (Fsp3) is 0.463. The molecule has 5 aliphatic heterocycles. The van der Waals surface area contributed by atoms with E-state index in [1.54, 1.807) is 18.3 Å². The van der Waals surface area contributed by atoms with Crippen molar-refractivity contribution in [1.82, 2.24) is 4.44 Å². The average molecular weight is 1450 g/mol. The molecule has 0 aromatic heterocycles. The van der Waals surface area contributed by atoms with E-state index in [0.29, 0.717) is 53.8 Å².